The van der Waals surface area contributed by atoms with Crippen molar-refractivity contribution in [2.45, 2.75) is 36.8 Å². The summed E-state index contributed by atoms with van der Waals surface area (Å²) in [5.41, 5.74) is 1.32. The van der Waals surface area contributed by atoms with Gasteiger partial charge in [0.05, 0.1) is 18.5 Å². The Kier molecular flexibility index (Phi) is 8.99. The summed E-state index contributed by atoms with van der Waals surface area (Å²) in [6.45, 7) is 2.31. The Bertz CT molecular complexity index is 1110. The van der Waals surface area contributed by atoms with Crippen LogP contribution < -0.4 is 4.74 Å². The number of piperidine rings is 1. The van der Waals surface area contributed by atoms with Crippen LogP contribution in [0.3, 0.4) is 0 Å². The minimum atomic E-state index is -1.17. The number of hydrogen-bond acceptors (Lipinski definition) is 5. The second-order valence-corrected chi connectivity index (χ2v) is 10.3. The summed E-state index contributed by atoms with van der Waals surface area (Å²) in [4.78, 5) is 19.9. The predicted octanol–water partition coefficient (Wildman–Crippen LogP) is 6.24. The molecule has 5 nitrogen and oxygen atoms in total. The lowest BCUT2D eigenvalue weighted by atomic mass is 9.81. The molecule has 0 saturated carbocycles. The molecule has 1 saturated heterocycles. The fourth-order valence-corrected chi connectivity index (χ4v) is 5.81. The van der Waals surface area contributed by atoms with Crippen LogP contribution in [0, 0.1) is 11.8 Å². The lowest BCUT2D eigenvalue weighted by molar-refractivity contribution is -0.146. The maximum Gasteiger partial charge on any atom is 0.308 e. The van der Waals surface area contributed by atoms with Crippen LogP contribution in [-0.4, -0.2) is 53.5 Å². The summed E-state index contributed by atoms with van der Waals surface area (Å²) in [6, 6.07) is 17.5. The van der Waals surface area contributed by atoms with Crippen LogP contribution >= 0.6 is 11.8 Å². The summed E-state index contributed by atoms with van der Waals surface area (Å²) in [7, 11) is 1.59. The molecule has 0 amide bonds. The van der Waals surface area contributed by atoms with Gasteiger partial charge in [0.25, 0.3) is 0 Å². The number of carboxylic acid groups (broad SMARTS) is 1. The molecular weight excluding hydrogens is 463 g/mol. The van der Waals surface area contributed by atoms with Crippen molar-refractivity contribution in [1.82, 2.24) is 9.88 Å². The van der Waals surface area contributed by atoms with E-state index in [9.17, 15) is 9.90 Å². The van der Waals surface area contributed by atoms with Gasteiger partial charge in [0.15, 0.2) is 0 Å². The molecule has 7 heteroatoms. The molecule has 186 valence electrons. The third-order valence-corrected chi connectivity index (χ3v) is 8.00. The van der Waals surface area contributed by atoms with Crippen molar-refractivity contribution in [2.24, 2.45) is 11.8 Å². The second-order valence-electron chi connectivity index (χ2n) is 9.14. The average Bonchev–Trinajstić information content (AvgIpc) is 2.89. The summed E-state index contributed by atoms with van der Waals surface area (Å²) < 4.78 is 20.7. The van der Waals surface area contributed by atoms with Crippen molar-refractivity contribution < 1.29 is 19.0 Å². The SMILES string of the molecule is COc1ccc2nccc(C(F)CC[C@@H]3CCN(CCCSc4ccccc4)C[C@@H]3C(=O)O)c2c1. The van der Waals surface area contributed by atoms with Crippen molar-refractivity contribution in [1.29, 1.82) is 0 Å². The highest BCUT2D eigenvalue weighted by Gasteiger charge is 2.34. The summed E-state index contributed by atoms with van der Waals surface area (Å²) >= 11 is 1.83. The number of alkyl halides is 1. The molecule has 1 fully saturated rings. The van der Waals surface area contributed by atoms with Gasteiger partial charge in [-0.05, 0) is 92.4 Å². The first-order chi connectivity index (χ1) is 17.0. The smallest absolute Gasteiger partial charge is 0.308 e. The third-order valence-electron chi connectivity index (χ3n) is 6.90. The molecule has 1 N–H and O–H groups in total. The second kappa shape index (κ2) is 12.4. The number of thioether (sulfide) groups is 1. The predicted molar refractivity (Wildman–Crippen MR) is 139 cm³/mol. The maximum atomic E-state index is 15.4. The number of aliphatic carboxylic acids is 1. The minimum Gasteiger partial charge on any atom is -0.497 e. The molecule has 1 aliphatic heterocycles. The largest absolute Gasteiger partial charge is 0.497 e. The van der Waals surface area contributed by atoms with E-state index in [1.54, 1.807) is 19.4 Å². The van der Waals surface area contributed by atoms with Crippen LogP contribution in [0.25, 0.3) is 10.9 Å². The first kappa shape index (κ1) is 25.5. The van der Waals surface area contributed by atoms with Crippen LogP contribution in [0.15, 0.2) is 65.7 Å². The number of aromatic nitrogens is 1. The maximum absolute atomic E-state index is 15.4. The van der Waals surface area contributed by atoms with Crippen LogP contribution in [0.4, 0.5) is 4.39 Å². The Morgan fingerprint density at radius 2 is 2.09 bits per heavy atom. The molecule has 0 radical (unpaired) electrons. The molecule has 1 unspecified atom stereocenters. The third kappa shape index (κ3) is 6.73. The van der Waals surface area contributed by atoms with E-state index in [1.165, 1.54) is 4.90 Å². The Morgan fingerprint density at radius 1 is 1.26 bits per heavy atom. The van der Waals surface area contributed by atoms with Crippen molar-refractivity contribution in [2.75, 3.05) is 32.5 Å². The normalized spacial score (nSPS) is 19.5. The lowest BCUT2D eigenvalue weighted by Crippen LogP contribution is -2.44. The topological polar surface area (TPSA) is 62.7 Å². The number of pyridine rings is 1. The van der Waals surface area contributed by atoms with Crippen molar-refractivity contribution in [3.63, 3.8) is 0 Å². The van der Waals surface area contributed by atoms with Gasteiger partial charge in [-0.15, -0.1) is 11.8 Å². The molecule has 1 aliphatic rings. The molecule has 3 atom stereocenters. The average molecular weight is 497 g/mol. The molecule has 2 heterocycles. The highest BCUT2D eigenvalue weighted by molar-refractivity contribution is 7.99. The van der Waals surface area contributed by atoms with E-state index in [1.807, 2.05) is 48.2 Å². The summed E-state index contributed by atoms with van der Waals surface area (Å²) in [6.07, 6.45) is 3.13. The molecule has 4 rings (SSSR count). The fraction of sp³-hybridized carbons (Fsp3) is 0.429. The van der Waals surface area contributed by atoms with Gasteiger partial charge in [0, 0.05) is 23.0 Å². The highest BCUT2D eigenvalue weighted by Crippen LogP contribution is 2.35. The summed E-state index contributed by atoms with van der Waals surface area (Å²) in [5.74, 6) is 0.443. The zero-order chi connectivity index (χ0) is 24.6. The van der Waals surface area contributed by atoms with Gasteiger partial charge in [0.1, 0.15) is 11.9 Å². The van der Waals surface area contributed by atoms with Gasteiger partial charge in [-0.3, -0.25) is 9.78 Å². The van der Waals surface area contributed by atoms with Crippen LogP contribution in [-0.2, 0) is 4.79 Å². The van der Waals surface area contributed by atoms with Gasteiger partial charge in [-0.1, -0.05) is 18.2 Å². The monoisotopic (exact) mass is 496 g/mol. The number of likely N-dealkylation sites (tertiary alicyclic amines) is 1. The number of carboxylic acids is 1. The van der Waals surface area contributed by atoms with Crippen LogP contribution in [0.1, 0.15) is 37.4 Å². The van der Waals surface area contributed by atoms with Gasteiger partial charge < -0.3 is 14.7 Å². The number of fused-ring (bicyclic) bond motifs is 1. The first-order valence-corrected chi connectivity index (χ1v) is 13.2. The van der Waals surface area contributed by atoms with E-state index >= 15 is 4.39 Å². The van der Waals surface area contributed by atoms with Crippen molar-refractivity contribution in [3.05, 3.63) is 66.4 Å². The Hall–Kier alpha value is -2.64. The quantitative estimate of drug-likeness (QED) is 0.250. The molecule has 0 bridgehead atoms. The number of methoxy groups -OCH3 is 1. The fourth-order valence-electron chi connectivity index (χ4n) is 4.95. The number of nitrogens with zero attached hydrogens (tertiary/aromatic N) is 2. The van der Waals surface area contributed by atoms with Gasteiger partial charge in [0.2, 0.25) is 0 Å². The van der Waals surface area contributed by atoms with Crippen LogP contribution in [0.2, 0.25) is 0 Å². The lowest BCUT2D eigenvalue weighted by Gasteiger charge is -2.36. The summed E-state index contributed by atoms with van der Waals surface area (Å²) in [5, 5.41) is 10.6. The van der Waals surface area contributed by atoms with E-state index in [4.69, 9.17) is 4.74 Å². The molecule has 0 aliphatic carbocycles. The van der Waals surface area contributed by atoms with E-state index < -0.39 is 18.1 Å². The Labute approximate surface area is 210 Å². The number of carbonyl (C=O) groups is 1. The van der Waals surface area contributed by atoms with Gasteiger partial charge in [-0.2, -0.15) is 0 Å². The number of ether oxygens (including phenoxy) is 1. The standard InChI is InChI=1S/C28H33FN2O3S/c1-34-21-9-11-27-24(18-21)23(12-14-30-27)26(29)10-8-20-13-16-31(19-25(20)28(32)33)15-5-17-35-22-6-3-2-4-7-22/h2-4,6-7,9,11-12,14,18,20,25-26H,5,8,10,13,15-17,19H2,1H3,(H,32,33)/t20-,25+,26?/m1/s1. The zero-order valence-corrected chi connectivity index (χ0v) is 20.9. The van der Waals surface area contributed by atoms with Crippen molar-refractivity contribution >= 4 is 28.6 Å². The van der Waals surface area contributed by atoms with E-state index in [0.717, 1.165) is 42.6 Å². The molecule has 3 aromatic rings. The van der Waals surface area contributed by atoms with Gasteiger partial charge >= 0.3 is 5.97 Å². The zero-order valence-electron chi connectivity index (χ0n) is 20.1. The Balaban J connectivity index is 1.30. The first-order valence-electron chi connectivity index (χ1n) is 12.2. The molecule has 35 heavy (non-hydrogen) atoms. The van der Waals surface area contributed by atoms with Crippen LogP contribution in [0.5, 0.6) is 5.75 Å². The number of benzene rings is 2. The molecule has 2 aromatic carbocycles. The molecule has 0 spiro atoms. The number of rotatable bonds is 11. The number of hydrogen-bond donors (Lipinski definition) is 1. The molecular formula is C28H33FN2O3S. The molecule has 1 aromatic heterocycles. The minimum absolute atomic E-state index is 0.0108. The van der Waals surface area contributed by atoms with Crippen molar-refractivity contribution in [3.8, 4) is 5.75 Å². The Morgan fingerprint density at radius 3 is 2.86 bits per heavy atom. The van der Waals surface area contributed by atoms with Gasteiger partial charge in [-0.25, -0.2) is 4.39 Å². The van der Waals surface area contributed by atoms with E-state index in [0.29, 0.717) is 30.7 Å². The van der Waals surface area contributed by atoms with E-state index in [2.05, 4.69) is 22.0 Å². The van der Waals surface area contributed by atoms with E-state index in [-0.39, 0.29) is 5.92 Å². The number of halogens is 1. The highest BCUT2D eigenvalue weighted by atomic mass is 32.2.